The zero-order valence-electron chi connectivity index (χ0n) is 6.55. The minimum Gasteiger partial charge on any atom is -0.508 e. The summed E-state index contributed by atoms with van der Waals surface area (Å²) in [6.45, 7) is 0. The fourth-order valence-corrected chi connectivity index (χ4v) is 1.74. The fraction of sp³-hybridized carbons (Fsp3) is 0.333. The predicted molar refractivity (Wildman–Crippen MR) is 43.3 cm³/mol. The molecule has 3 heteroatoms. The van der Waals surface area contributed by atoms with Crippen molar-refractivity contribution in [3.63, 3.8) is 0 Å². The molecule has 0 amide bonds. The molecule has 1 atom stereocenters. The van der Waals surface area contributed by atoms with Crippen LogP contribution in [0.5, 0.6) is 5.75 Å². The van der Waals surface area contributed by atoms with Gasteiger partial charge in [0.2, 0.25) is 0 Å². The highest BCUT2D eigenvalue weighted by molar-refractivity contribution is 5.40. The largest absolute Gasteiger partial charge is 0.508 e. The number of halogens is 1. The number of hydrogen-bond donors (Lipinski definition) is 2. The van der Waals surface area contributed by atoms with E-state index in [0.717, 1.165) is 24.5 Å². The summed E-state index contributed by atoms with van der Waals surface area (Å²) in [7, 11) is 0. The highest BCUT2D eigenvalue weighted by Gasteiger charge is 2.23. The van der Waals surface area contributed by atoms with Crippen LogP contribution in [0.2, 0.25) is 0 Å². The SMILES string of the molecule is N[C@H]1CCc2cc(O)cc(F)c21. The van der Waals surface area contributed by atoms with Crippen LogP contribution < -0.4 is 5.73 Å². The maximum absolute atomic E-state index is 13.2. The highest BCUT2D eigenvalue weighted by Crippen LogP contribution is 2.33. The van der Waals surface area contributed by atoms with Crippen LogP contribution in [0.3, 0.4) is 0 Å². The van der Waals surface area contributed by atoms with Gasteiger partial charge in [0.05, 0.1) is 0 Å². The molecule has 1 aliphatic rings. The van der Waals surface area contributed by atoms with Crippen LogP contribution in [0, 0.1) is 5.82 Å². The molecule has 0 saturated carbocycles. The van der Waals surface area contributed by atoms with E-state index in [1.165, 1.54) is 0 Å². The average molecular weight is 167 g/mol. The quantitative estimate of drug-likeness (QED) is 0.614. The molecule has 0 bridgehead atoms. The van der Waals surface area contributed by atoms with E-state index in [0.29, 0.717) is 5.56 Å². The summed E-state index contributed by atoms with van der Waals surface area (Å²) >= 11 is 0. The Balaban J connectivity index is 2.60. The molecule has 0 saturated heterocycles. The van der Waals surface area contributed by atoms with Crippen molar-refractivity contribution in [2.45, 2.75) is 18.9 Å². The van der Waals surface area contributed by atoms with Gasteiger partial charge >= 0.3 is 0 Å². The van der Waals surface area contributed by atoms with Crippen molar-refractivity contribution >= 4 is 0 Å². The van der Waals surface area contributed by atoms with Crippen molar-refractivity contribution in [1.82, 2.24) is 0 Å². The van der Waals surface area contributed by atoms with Gasteiger partial charge < -0.3 is 10.8 Å². The Kier molecular flexibility index (Phi) is 1.54. The van der Waals surface area contributed by atoms with Crippen LogP contribution in [0.4, 0.5) is 4.39 Å². The molecule has 12 heavy (non-hydrogen) atoms. The third-order valence-corrected chi connectivity index (χ3v) is 2.30. The summed E-state index contributed by atoms with van der Waals surface area (Å²) in [6, 6.07) is 2.51. The van der Waals surface area contributed by atoms with Crippen LogP contribution in [0.15, 0.2) is 12.1 Å². The number of nitrogens with two attached hydrogens (primary N) is 1. The fourth-order valence-electron chi connectivity index (χ4n) is 1.74. The summed E-state index contributed by atoms with van der Waals surface area (Å²) in [5, 5.41) is 9.08. The maximum atomic E-state index is 13.2. The molecule has 64 valence electrons. The molecule has 1 aromatic rings. The first kappa shape index (κ1) is 7.55. The van der Waals surface area contributed by atoms with Gasteiger partial charge in [-0.1, -0.05) is 0 Å². The number of rotatable bonds is 0. The van der Waals surface area contributed by atoms with Gasteiger partial charge in [0.15, 0.2) is 0 Å². The summed E-state index contributed by atoms with van der Waals surface area (Å²) < 4.78 is 13.2. The molecule has 0 heterocycles. The van der Waals surface area contributed by atoms with E-state index in [-0.39, 0.29) is 17.6 Å². The minimum atomic E-state index is -0.380. The van der Waals surface area contributed by atoms with Crippen LogP contribution in [-0.4, -0.2) is 5.11 Å². The second-order valence-electron chi connectivity index (χ2n) is 3.15. The molecule has 2 rings (SSSR count). The molecule has 1 aliphatic carbocycles. The van der Waals surface area contributed by atoms with Gasteiger partial charge in [-0.15, -0.1) is 0 Å². The highest BCUT2D eigenvalue weighted by atomic mass is 19.1. The van der Waals surface area contributed by atoms with E-state index in [4.69, 9.17) is 10.8 Å². The van der Waals surface area contributed by atoms with E-state index in [1.54, 1.807) is 6.07 Å². The Hall–Kier alpha value is -1.09. The molecule has 0 fully saturated rings. The summed E-state index contributed by atoms with van der Waals surface area (Å²) in [4.78, 5) is 0. The Morgan fingerprint density at radius 2 is 2.25 bits per heavy atom. The Labute approximate surface area is 69.8 Å². The maximum Gasteiger partial charge on any atom is 0.131 e. The third-order valence-electron chi connectivity index (χ3n) is 2.30. The normalized spacial score (nSPS) is 21.0. The Morgan fingerprint density at radius 1 is 1.50 bits per heavy atom. The van der Waals surface area contributed by atoms with E-state index >= 15 is 0 Å². The lowest BCUT2D eigenvalue weighted by atomic mass is 10.1. The zero-order valence-corrected chi connectivity index (χ0v) is 6.55. The lowest BCUT2D eigenvalue weighted by molar-refractivity contribution is 0.467. The number of phenolic OH excluding ortho intramolecular Hbond substituents is 1. The molecule has 0 unspecified atom stereocenters. The molecule has 0 aliphatic heterocycles. The number of hydrogen-bond acceptors (Lipinski definition) is 2. The van der Waals surface area contributed by atoms with Crippen molar-refractivity contribution in [3.8, 4) is 5.75 Å². The van der Waals surface area contributed by atoms with Gasteiger partial charge in [0.25, 0.3) is 0 Å². The van der Waals surface area contributed by atoms with Crippen LogP contribution in [0.1, 0.15) is 23.6 Å². The zero-order chi connectivity index (χ0) is 8.72. The first-order valence-electron chi connectivity index (χ1n) is 3.95. The van der Waals surface area contributed by atoms with Crippen molar-refractivity contribution in [2.24, 2.45) is 5.73 Å². The second-order valence-corrected chi connectivity index (χ2v) is 3.15. The van der Waals surface area contributed by atoms with E-state index in [2.05, 4.69) is 0 Å². The topological polar surface area (TPSA) is 46.2 Å². The third kappa shape index (κ3) is 0.975. The summed E-state index contributed by atoms with van der Waals surface area (Å²) in [6.07, 6.45) is 1.54. The van der Waals surface area contributed by atoms with Crippen LogP contribution >= 0.6 is 0 Å². The van der Waals surface area contributed by atoms with Crippen molar-refractivity contribution in [2.75, 3.05) is 0 Å². The van der Waals surface area contributed by atoms with Crippen LogP contribution in [-0.2, 0) is 6.42 Å². The summed E-state index contributed by atoms with van der Waals surface area (Å²) in [5.41, 5.74) is 7.10. The van der Waals surface area contributed by atoms with Gasteiger partial charge in [-0.25, -0.2) is 4.39 Å². The lowest BCUT2D eigenvalue weighted by Crippen LogP contribution is -2.07. The van der Waals surface area contributed by atoms with Crippen molar-refractivity contribution in [3.05, 3.63) is 29.1 Å². The number of aromatic hydroxyl groups is 1. The standard InChI is InChI=1S/C9H10FNO/c10-7-4-6(12)3-5-1-2-8(11)9(5)7/h3-4,8,12H,1-2,11H2/t8-/m0/s1. The first-order valence-corrected chi connectivity index (χ1v) is 3.95. The number of benzene rings is 1. The molecule has 0 radical (unpaired) electrons. The van der Waals surface area contributed by atoms with Gasteiger partial charge in [0, 0.05) is 17.7 Å². The second kappa shape index (κ2) is 2.45. The number of aryl methyl sites for hydroxylation is 1. The predicted octanol–water partition coefficient (Wildman–Crippen LogP) is 1.48. The summed E-state index contributed by atoms with van der Waals surface area (Å²) in [5.74, 6) is -0.393. The number of phenols is 1. The molecule has 0 aromatic heterocycles. The van der Waals surface area contributed by atoms with Gasteiger partial charge in [-0.2, -0.15) is 0 Å². The van der Waals surface area contributed by atoms with E-state index in [9.17, 15) is 4.39 Å². The van der Waals surface area contributed by atoms with Gasteiger partial charge in [-0.05, 0) is 24.5 Å². The lowest BCUT2D eigenvalue weighted by Gasteiger charge is -2.05. The van der Waals surface area contributed by atoms with Gasteiger partial charge in [-0.3, -0.25) is 0 Å². The molecular weight excluding hydrogens is 157 g/mol. The van der Waals surface area contributed by atoms with E-state index in [1.807, 2.05) is 0 Å². The Bertz CT molecular complexity index is 325. The van der Waals surface area contributed by atoms with Gasteiger partial charge in [0.1, 0.15) is 11.6 Å². The van der Waals surface area contributed by atoms with Crippen molar-refractivity contribution in [1.29, 1.82) is 0 Å². The molecular formula is C9H10FNO. The smallest absolute Gasteiger partial charge is 0.131 e. The average Bonchev–Trinajstić information content (AvgIpc) is 2.31. The molecule has 0 spiro atoms. The minimum absolute atomic E-state index is 0.0136. The van der Waals surface area contributed by atoms with Crippen LogP contribution in [0.25, 0.3) is 0 Å². The molecule has 1 aromatic carbocycles. The van der Waals surface area contributed by atoms with Crippen molar-refractivity contribution < 1.29 is 9.50 Å². The monoisotopic (exact) mass is 167 g/mol. The first-order chi connectivity index (χ1) is 5.68. The van der Waals surface area contributed by atoms with E-state index < -0.39 is 0 Å². The Morgan fingerprint density at radius 3 is 3.00 bits per heavy atom. The molecule has 2 nitrogen and oxygen atoms in total. The number of fused-ring (bicyclic) bond motifs is 1. The molecule has 3 N–H and O–H groups in total.